The number of carbonyl (C=O) groups excluding carboxylic acids is 1. The summed E-state index contributed by atoms with van der Waals surface area (Å²) in [5.41, 5.74) is 7.54. The van der Waals surface area contributed by atoms with Crippen LogP contribution in [0.5, 0.6) is 0 Å². The van der Waals surface area contributed by atoms with Crippen molar-refractivity contribution in [1.82, 2.24) is 4.90 Å². The second-order valence-electron chi connectivity index (χ2n) is 7.60. The monoisotopic (exact) mass is 445 g/mol. The van der Waals surface area contributed by atoms with Gasteiger partial charge in [0.05, 0.1) is 18.2 Å². The Labute approximate surface area is 173 Å². The van der Waals surface area contributed by atoms with Crippen LogP contribution in [0.15, 0.2) is 45.6 Å². The highest BCUT2D eigenvalue weighted by molar-refractivity contribution is 9.10. The lowest BCUT2D eigenvalue weighted by Gasteiger charge is -2.37. The van der Waals surface area contributed by atoms with E-state index in [2.05, 4.69) is 41.2 Å². The van der Waals surface area contributed by atoms with Gasteiger partial charge in [0.25, 0.3) is 0 Å². The molecule has 142 valence electrons. The van der Waals surface area contributed by atoms with Crippen molar-refractivity contribution >= 4 is 33.2 Å². The molecule has 0 radical (unpaired) electrons. The van der Waals surface area contributed by atoms with Crippen LogP contribution in [-0.2, 0) is 4.79 Å². The molecule has 3 rings (SSSR count). The molecule has 0 bridgehead atoms. The molecule has 1 aromatic carbocycles. The maximum atomic E-state index is 13.4. The summed E-state index contributed by atoms with van der Waals surface area (Å²) in [5, 5.41) is 13.9. The molecular formula is C21H24BrN3OS. The van der Waals surface area contributed by atoms with Crippen LogP contribution in [0.1, 0.15) is 50.3 Å². The molecule has 1 fully saturated rings. The molecule has 0 spiro atoms. The largest absolute Gasteiger partial charge is 0.320 e. The zero-order chi connectivity index (χ0) is 19.6. The van der Waals surface area contributed by atoms with E-state index in [4.69, 9.17) is 5.73 Å². The second kappa shape index (κ2) is 8.14. The summed E-state index contributed by atoms with van der Waals surface area (Å²) >= 11 is 5.07. The van der Waals surface area contributed by atoms with E-state index in [1.54, 1.807) is 16.2 Å². The lowest BCUT2D eigenvalue weighted by molar-refractivity contribution is -0.137. The van der Waals surface area contributed by atoms with E-state index in [9.17, 15) is 10.1 Å². The van der Waals surface area contributed by atoms with Gasteiger partial charge in [0.2, 0.25) is 5.91 Å². The Balaban J connectivity index is 2.07. The minimum Gasteiger partial charge on any atom is -0.320 e. The van der Waals surface area contributed by atoms with Crippen LogP contribution >= 0.6 is 27.3 Å². The van der Waals surface area contributed by atoms with Gasteiger partial charge >= 0.3 is 0 Å². The van der Waals surface area contributed by atoms with Gasteiger partial charge in [-0.2, -0.15) is 16.6 Å². The van der Waals surface area contributed by atoms with Gasteiger partial charge in [-0.25, -0.2) is 0 Å². The normalized spacial score (nSPS) is 17.2. The molecule has 1 saturated carbocycles. The van der Waals surface area contributed by atoms with Crippen LogP contribution in [0.25, 0.3) is 0 Å². The topological polar surface area (TPSA) is 70.1 Å². The Kier molecular flexibility index (Phi) is 6.05. The smallest absolute Gasteiger partial charge is 0.241 e. The van der Waals surface area contributed by atoms with Crippen LogP contribution in [-0.4, -0.2) is 22.4 Å². The van der Waals surface area contributed by atoms with E-state index in [-0.39, 0.29) is 11.9 Å². The van der Waals surface area contributed by atoms with E-state index in [0.29, 0.717) is 25.2 Å². The maximum Gasteiger partial charge on any atom is 0.241 e. The Bertz CT molecular complexity index is 822. The number of hydrogen-bond donors (Lipinski definition) is 1. The molecule has 4 nitrogen and oxygen atoms in total. The average molecular weight is 446 g/mol. The predicted molar refractivity (Wildman–Crippen MR) is 112 cm³/mol. The summed E-state index contributed by atoms with van der Waals surface area (Å²) in [5.74, 6) is 0.178. The van der Waals surface area contributed by atoms with Crippen molar-refractivity contribution in [3.8, 4) is 6.07 Å². The third-order valence-corrected chi connectivity index (χ3v) is 6.21. The van der Waals surface area contributed by atoms with Crippen molar-refractivity contribution in [2.45, 2.75) is 50.7 Å². The lowest BCUT2D eigenvalue weighted by Crippen LogP contribution is -2.51. The zero-order valence-corrected chi connectivity index (χ0v) is 18.0. The van der Waals surface area contributed by atoms with E-state index >= 15 is 0 Å². The van der Waals surface area contributed by atoms with Crippen molar-refractivity contribution in [3.63, 3.8) is 0 Å². The maximum absolute atomic E-state index is 13.4. The van der Waals surface area contributed by atoms with Gasteiger partial charge in [-0.1, -0.05) is 41.9 Å². The van der Waals surface area contributed by atoms with Crippen LogP contribution in [0, 0.1) is 17.2 Å². The van der Waals surface area contributed by atoms with Gasteiger partial charge in [0.1, 0.15) is 5.54 Å². The first-order chi connectivity index (χ1) is 12.9. The van der Waals surface area contributed by atoms with Gasteiger partial charge in [-0.3, -0.25) is 4.79 Å². The van der Waals surface area contributed by atoms with Crippen molar-refractivity contribution in [2.75, 3.05) is 0 Å². The van der Waals surface area contributed by atoms with Crippen LogP contribution in [0.4, 0.5) is 0 Å². The van der Waals surface area contributed by atoms with Crippen LogP contribution in [0.3, 0.4) is 0 Å². The fourth-order valence-electron chi connectivity index (χ4n) is 3.46. The highest BCUT2D eigenvalue weighted by atomic mass is 79.9. The first-order valence-corrected chi connectivity index (χ1v) is 10.9. The Morgan fingerprint density at radius 3 is 2.44 bits per heavy atom. The minimum atomic E-state index is -0.759. The first-order valence-electron chi connectivity index (χ1n) is 9.15. The number of nitrogens with two attached hydrogens (primary N) is 1. The van der Waals surface area contributed by atoms with Crippen LogP contribution < -0.4 is 5.73 Å². The fourth-order valence-corrected chi connectivity index (χ4v) is 4.41. The van der Waals surface area contributed by atoms with Gasteiger partial charge in [-0.05, 0) is 65.3 Å². The third kappa shape index (κ3) is 4.26. The summed E-state index contributed by atoms with van der Waals surface area (Å²) in [6.07, 6.45) is 2.00. The molecule has 1 aliphatic rings. The summed E-state index contributed by atoms with van der Waals surface area (Å²) < 4.78 is 0.978. The molecule has 1 aromatic heterocycles. The molecule has 2 aromatic rings. The van der Waals surface area contributed by atoms with Gasteiger partial charge in [-0.15, -0.1) is 0 Å². The Morgan fingerprint density at radius 2 is 1.96 bits per heavy atom. The van der Waals surface area contributed by atoms with Crippen molar-refractivity contribution in [2.24, 2.45) is 11.7 Å². The molecule has 1 heterocycles. The molecular weight excluding hydrogens is 422 g/mol. The van der Waals surface area contributed by atoms with Crippen LogP contribution in [0.2, 0.25) is 0 Å². The zero-order valence-electron chi connectivity index (χ0n) is 15.6. The molecule has 6 heteroatoms. The number of nitrogens with zero attached hydrogens (tertiary/aromatic N) is 2. The quantitative estimate of drug-likeness (QED) is 0.661. The number of halogens is 1. The molecule has 27 heavy (non-hydrogen) atoms. The number of thiophene rings is 1. The number of carbonyl (C=O) groups is 1. The molecule has 1 aliphatic carbocycles. The number of nitriles is 1. The third-order valence-electron chi connectivity index (χ3n) is 4.98. The SMILES string of the molecule is CC(C)C[C@H](N)C(=O)N([C@@H](c1ccc(Br)cc1)c1ccsc1)C1(C#N)CC1. The van der Waals surface area contributed by atoms with Gasteiger partial charge < -0.3 is 10.6 Å². The highest BCUT2D eigenvalue weighted by Crippen LogP contribution is 2.48. The van der Waals surface area contributed by atoms with Crippen molar-refractivity contribution < 1.29 is 4.79 Å². The summed E-state index contributed by atoms with van der Waals surface area (Å²) in [7, 11) is 0. The highest BCUT2D eigenvalue weighted by Gasteiger charge is 2.54. The summed E-state index contributed by atoms with van der Waals surface area (Å²) in [6.45, 7) is 4.11. The number of benzene rings is 1. The van der Waals surface area contributed by atoms with E-state index in [0.717, 1.165) is 15.6 Å². The standard InChI is InChI=1S/C21H24BrN3OS/c1-14(2)11-18(24)20(26)25(21(13-23)8-9-21)19(16-7-10-27-12-16)15-3-5-17(22)6-4-15/h3-7,10,12,14,18-19H,8-9,11,24H2,1-2H3/t18-,19-/m0/s1. The number of rotatable bonds is 7. The second-order valence-corrected chi connectivity index (χ2v) is 9.29. The van der Waals surface area contributed by atoms with E-state index < -0.39 is 11.6 Å². The molecule has 0 unspecified atom stereocenters. The molecule has 0 aliphatic heterocycles. The van der Waals surface area contributed by atoms with Gasteiger partial charge in [0.15, 0.2) is 0 Å². The first kappa shape index (κ1) is 20.1. The average Bonchev–Trinajstić information content (AvgIpc) is 3.24. The predicted octanol–water partition coefficient (Wildman–Crippen LogP) is 4.86. The molecule has 2 atom stereocenters. The number of hydrogen-bond acceptors (Lipinski definition) is 4. The molecule has 0 saturated heterocycles. The fraction of sp³-hybridized carbons (Fsp3) is 0.429. The van der Waals surface area contributed by atoms with Gasteiger partial charge in [0, 0.05) is 4.47 Å². The Morgan fingerprint density at radius 1 is 1.30 bits per heavy atom. The number of amides is 1. The summed E-state index contributed by atoms with van der Waals surface area (Å²) in [4.78, 5) is 15.2. The summed E-state index contributed by atoms with van der Waals surface area (Å²) in [6, 6.07) is 11.5. The molecule has 1 amide bonds. The minimum absolute atomic E-state index is 0.137. The van der Waals surface area contributed by atoms with E-state index in [1.807, 2.05) is 35.7 Å². The van der Waals surface area contributed by atoms with Crippen molar-refractivity contribution in [1.29, 1.82) is 5.26 Å². The Hall–Kier alpha value is -1.68. The van der Waals surface area contributed by atoms with Crippen molar-refractivity contribution in [3.05, 3.63) is 56.7 Å². The molecule has 2 N–H and O–H groups in total. The van der Waals surface area contributed by atoms with E-state index in [1.165, 1.54) is 0 Å². The lowest BCUT2D eigenvalue weighted by atomic mass is 9.94.